The van der Waals surface area contributed by atoms with Crippen molar-refractivity contribution in [2.75, 3.05) is 11.9 Å². The summed E-state index contributed by atoms with van der Waals surface area (Å²) in [4.78, 5) is 15.7. The number of hydrogen-bond donors (Lipinski definition) is 1. The molecule has 0 fully saturated rings. The normalized spacial score (nSPS) is 14.8. The number of amides is 1. The van der Waals surface area contributed by atoms with Crippen LogP contribution in [-0.4, -0.2) is 32.3 Å². The lowest BCUT2D eigenvalue weighted by Gasteiger charge is -2.26. The van der Waals surface area contributed by atoms with E-state index in [1.54, 1.807) is 0 Å². The van der Waals surface area contributed by atoms with Crippen molar-refractivity contribution in [2.45, 2.75) is 23.9 Å². The van der Waals surface area contributed by atoms with E-state index >= 15 is 0 Å². The van der Waals surface area contributed by atoms with Crippen molar-refractivity contribution in [1.82, 2.24) is 19.7 Å². The van der Waals surface area contributed by atoms with Crippen LogP contribution < -0.4 is 14.8 Å². The number of benzene rings is 2. The quantitative estimate of drug-likeness (QED) is 0.420. The van der Waals surface area contributed by atoms with Crippen molar-refractivity contribution in [2.24, 2.45) is 0 Å². The Labute approximate surface area is 192 Å². The van der Waals surface area contributed by atoms with Crippen molar-refractivity contribution >= 4 is 34.1 Å². The highest BCUT2D eigenvalue weighted by molar-refractivity contribution is 7.98. The number of nitrogens with zero attached hydrogens (tertiary/aromatic N) is 4. The zero-order chi connectivity index (χ0) is 21.9. The lowest BCUT2D eigenvalue weighted by Crippen LogP contribution is -2.24. The van der Waals surface area contributed by atoms with Crippen LogP contribution in [0.3, 0.4) is 0 Å². The monoisotopic (exact) mass is 465 g/mol. The minimum absolute atomic E-state index is 0.136. The smallest absolute Gasteiger partial charge is 0.223 e. The Kier molecular flexibility index (Phi) is 5.78. The molecule has 0 bridgehead atoms. The van der Waals surface area contributed by atoms with E-state index in [9.17, 15) is 4.79 Å². The summed E-state index contributed by atoms with van der Waals surface area (Å²) < 4.78 is 14.1. The maximum atomic E-state index is 11.2. The third-order valence-electron chi connectivity index (χ3n) is 4.65. The summed E-state index contributed by atoms with van der Waals surface area (Å²) in [5.41, 5.74) is 1.80. The van der Waals surface area contributed by atoms with Crippen LogP contribution in [0.4, 0.5) is 5.13 Å². The summed E-state index contributed by atoms with van der Waals surface area (Å²) in [7, 11) is 0. The Morgan fingerprint density at radius 3 is 2.75 bits per heavy atom. The van der Waals surface area contributed by atoms with Crippen LogP contribution in [0.25, 0.3) is 5.69 Å². The Morgan fingerprint density at radius 2 is 1.94 bits per heavy atom. The van der Waals surface area contributed by atoms with Gasteiger partial charge in [-0.3, -0.25) is 9.36 Å². The molecule has 8 nitrogen and oxygen atoms in total. The Morgan fingerprint density at radius 1 is 1.16 bits per heavy atom. The Bertz CT molecular complexity index is 1240. The van der Waals surface area contributed by atoms with Crippen LogP contribution in [0.2, 0.25) is 0 Å². The fourth-order valence-electron chi connectivity index (χ4n) is 3.27. The van der Waals surface area contributed by atoms with Gasteiger partial charge in [-0.2, -0.15) is 0 Å². The minimum atomic E-state index is -0.391. The van der Waals surface area contributed by atoms with Gasteiger partial charge in [-0.05, 0) is 24.3 Å². The first-order valence-corrected chi connectivity index (χ1v) is 11.8. The van der Waals surface area contributed by atoms with E-state index in [-0.39, 0.29) is 5.91 Å². The third kappa shape index (κ3) is 4.32. The number of ether oxygens (including phenoxy) is 2. The largest absolute Gasteiger partial charge is 0.485 e. The highest BCUT2D eigenvalue weighted by Crippen LogP contribution is 2.37. The summed E-state index contributed by atoms with van der Waals surface area (Å²) >= 11 is 2.92. The SMILES string of the molecule is CC(=O)Nc1nc(CSc2nnc(C3COc4ccccc4O3)n2-c2ccccc2)cs1. The molecule has 32 heavy (non-hydrogen) atoms. The van der Waals surface area contributed by atoms with Crippen molar-refractivity contribution in [1.29, 1.82) is 0 Å². The fraction of sp³-hybridized carbons (Fsp3) is 0.182. The maximum absolute atomic E-state index is 11.2. The van der Waals surface area contributed by atoms with Crippen LogP contribution in [0, 0.1) is 0 Å². The van der Waals surface area contributed by atoms with Gasteiger partial charge < -0.3 is 14.8 Å². The number of aromatic nitrogens is 4. The molecule has 0 aliphatic carbocycles. The predicted octanol–water partition coefficient (Wildman–Crippen LogP) is 4.49. The van der Waals surface area contributed by atoms with E-state index in [0.717, 1.165) is 22.3 Å². The van der Waals surface area contributed by atoms with Gasteiger partial charge in [0.2, 0.25) is 5.91 Å². The van der Waals surface area contributed by atoms with Crippen LogP contribution in [-0.2, 0) is 10.5 Å². The number of carbonyl (C=O) groups is 1. The molecule has 1 aliphatic rings. The molecule has 1 atom stereocenters. The number of carbonyl (C=O) groups excluding carboxylic acids is 1. The van der Waals surface area contributed by atoms with Gasteiger partial charge in [-0.25, -0.2) is 4.98 Å². The lowest BCUT2D eigenvalue weighted by molar-refractivity contribution is -0.114. The maximum Gasteiger partial charge on any atom is 0.223 e. The number of rotatable bonds is 6. The predicted molar refractivity (Wildman–Crippen MR) is 123 cm³/mol. The minimum Gasteiger partial charge on any atom is -0.485 e. The number of thioether (sulfide) groups is 1. The molecule has 4 aromatic rings. The third-order valence-corrected chi connectivity index (χ3v) is 6.42. The van der Waals surface area contributed by atoms with E-state index in [1.807, 2.05) is 64.5 Å². The molecule has 1 unspecified atom stereocenters. The molecular formula is C22H19N5O3S2. The van der Waals surface area contributed by atoms with Crippen LogP contribution in [0.15, 0.2) is 65.1 Å². The van der Waals surface area contributed by atoms with Gasteiger partial charge in [0.05, 0.1) is 5.69 Å². The van der Waals surface area contributed by atoms with Gasteiger partial charge in [0.15, 0.2) is 33.7 Å². The zero-order valence-electron chi connectivity index (χ0n) is 17.1. The molecule has 10 heteroatoms. The summed E-state index contributed by atoms with van der Waals surface area (Å²) in [6, 6.07) is 17.5. The molecule has 3 heterocycles. The van der Waals surface area contributed by atoms with E-state index in [1.165, 1.54) is 30.0 Å². The first kappa shape index (κ1) is 20.5. The average molecular weight is 466 g/mol. The molecule has 0 saturated carbocycles. The molecule has 5 rings (SSSR count). The topological polar surface area (TPSA) is 91.2 Å². The van der Waals surface area contributed by atoms with Gasteiger partial charge in [0.1, 0.15) is 6.61 Å². The standard InChI is InChI=1S/C22H19N5O3S2/c1-14(28)23-21-24-15(12-31-21)13-32-22-26-25-20(27(22)16-7-3-2-4-8-16)19-11-29-17-9-5-6-10-18(17)30-19/h2-10,12,19H,11,13H2,1H3,(H,23,24,28). The van der Waals surface area contributed by atoms with Gasteiger partial charge in [-0.1, -0.05) is 42.1 Å². The first-order chi connectivity index (χ1) is 15.7. The number of hydrogen-bond acceptors (Lipinski definition) is 8. The first-order valence-electron chi connectivity index (χ1n) is 9.91. The molecule has 1 aliphatic heterocycles. The van der Waals surface area contributed by atoms with E-state index in [4.69, 9.17) is 9.47 Å². The van der Waals surface area contributed by atoms with E-state index in [0.29, 0.717) is 29.1 Å². The molecular weight excluding hydrogens is 446 g/mol. The lowest BCUT2D eigenvalue weighted by atomic mass is 10.2. The van der Waals surface area contributed by atoms with Crippen molar-refractivity contribution in [3.8, 4) is 17.2 Å². The van der Waals surface area contributed by atoms with E-state index < -0.39 is 6.10 Å². The zero-order valence-corrected chi connectivity index (χ0v) is 18.7. The molecule has 0 spiro atoms. The second-order valence-corrected chi connectivity index (χ2v) is 8.79. The van der Waals surface area contributed by atoms with Crippen molar-refractivity contribution in [3.63, 3.8) is 0 Å². The molecule has 2 aromatic carbocycles. The number of thiazole rings is 1. The Balaban J connectivity index is 1.42. The van der Waals surface area contributed by atoms with E-state index in [2.05, 4.69) is 20.5 Å². The fourth-order valence-corrected chi connectivity index (χ4v) is 4.98. The second kappa shape index (κ2) is 9.01. The summed E-state index contributed by atoms with van der Waals surface area (Å²) in [6.07, 6.45) is -0.391. The molecule has 0 saturated heterocycles. The average Bonchev–Trinajstić information content (AvgIpc) is 3.44. The summed E-state index contributed by atoms with van der Waals surface area (Å²) in [5.74, 6) is 2.54. The number of anilines is 1. The number of para-hydroxylation sites is 3. The van der Waals surface area contributed by atoms with Gasteiger partial charge in [0, 0.05) is 23.7 Å². The van der Waals surface area contributed by atoms with Crippen LogP contribution in [0.5, 0.6) is 11.5 Å². The van der Waals surface area contributed by atoms with Crippen LogP contribution >= 0.6 is 23.1 Å². The molecule has 0 radical (unpaired) electrons. The summed E-state index contributed by atoms with van der Waals surface area (Å²) in [6.45, 7) is 1.81. The molecule has 1 N–H and O–H groups in total. The molecule has 2 aromatic heterocycles. The van der Waals surface area contributed by atoms with Crippen molar-refractivity contribution < 1.29 is 14.3 Å². The second-order valence-electron chi connectivity index (χ2n) is 6.99. The summed E-state index contributed by atoms with van der Waals surface area (Å²) in [5, 5.41) is 14.9. The van der Waals surface area contributed by atoms with Gasteiger partial charge in [-0.15, -0.1) is 21.5 Å². The number of fused-ring (bicyclic) bond motifs is 1. The number of nitrogens with one attached hydrogen (secondary N) is 1. The highest BCUT2D eigenvalue weighted by Gasteiger charge is 2.29. The Hall–Kier alpha value is -3.37. The van der Waals surface area contributed by atoms with Crippen molar-refractivity contribution in [3.05, 3.63) is 71.5 Å². The van der Waals surface area contributed by atoms with Crippen LogP contribution in [0.1, 0.15) is 24.5 Å². The van der Waals surface area contributed by atoms with Gasteiger partial charge in [0.25, 0.3) is 0 Å². The van der Waals surface area contributed by atoms with Gasteiger partial charge >= 0.3 is 0 Å². The molecule has 1 amide bonds. The molecule has 162 valence electrons. The highest BCUT2D eigenvalue weighted by atomic mass is 32.2.